The number of hydrogen-bond donors (Lipinski definition) is 2. The highest BCUT2D eigenvalue weighted by molar-refractivity contribution is 7.99. The van der Waals surface area contributed by atoms with E-state index in [4.69, 9.17) is 4.74 Å². The highest BCUT2D eigenvalue weighted by atomic mass is 32.2. The number of hydrogen-bond acceptors (Lipinski definition) is 7. The minimum atomic E-state index is -0.124. The van der Waals surface area contributed by atoms with Gasteiger partial charge in [0.2, 0.25) is 11.8 Å². The van der Waals surface area contributed by atoms with Crippen molar-refractivity contribution in [3.05, 3.63) is 36.4 Å². The molecule has 1 unspecified atom stereocenters. The summed E-state index contributed by atoms with van der Waals surface area (Å²) >= 11 is 1.33. The summed E-state index contributed by atoms with van der Waals surface area (Å²) in [7, 11) is 1.59. The molecule has 0 radical (unpaired) electrons. The quantitative estimate of drug-likeness (QED) is 0.575. The molecule has 1 aromatic heterocycles. The lowest BCUT2D eigenvalue weighted by Gasteiger charge is -2.32. The van der Waals surface area contributed by atoms with Crippen molar-refractivity contribution in [1.82, 2.24) is 15.5 Å². The van der Waals surface area contributed by atoms with E-state index >= 15 is 0 Å². The van der Waals surface area contributed by atoms with Crippen LogP contribution in [-0.4, -0.2) is 54.5 Å². The van der Waals surface area contributed by atoms with E-state index in [0.717, 1.165) is 31.6 Å². The lowest BCUT2D eigenvalue weighted by Crippen LogP contribution is -2.43. The minimum Gasteiger partial charge on any atom is -0.497 e. The molecule has 8 nitrogen and oxygen atoms in total. The molecule has 2 aromatic rings. The van der Waals surface area contributed by atoms with Gasteiger partial charge in [0, 0.05) is 31.4 Å². The number of nitrogens with zero attached hydrogens (tertiary/aromatic N) is 3. The van der Waals surface area contributed by atoms with Crippen molar-refractivity contribution in [2.45, 2.75) is 31.2 Å². The van der Waals surface area contributed by atoms with E-state index in [-0.39, 0.29) is 23.5 Å². The number of nitrogens with one attached hydrogen (secondary N) is 2. The number of anilines is 2. The number of thioether (sulfide) groups is 1. The second-order valence-corrected chi connectivity index (χ2v) is 8.37. The maximum atomic E-state index is 12.3. The van der Waals surface area contributed by atoms with E-state index in [1.807, 2.05) is 37.3 Å². The number of rotatable bonds is 9. The molecule has 166 valence electrons. The van der Waals surface area contributed by atoms with Crippen molar-refractivity contribution in [2.75, 3.05) is 42.7 Å². The molecule has 9 heteroatoms. The summed E-state index contributed by atoms with van der Waals surface area (Å²) in [5, 5.41) is 15.1. The summed E-state index contributed by atoms with van der Waals surface area (Å²) < 4.78 is 5.16. The third-order valence-electron chi connectivity index (χ3n) is 5.00. The number of piperidine rings is 1. The number of amides is 2. The first-order valence-corrected chi connectivity index (χ1v) is 11.5. The SMILES string of the molecule is CCCNC(=O)C1CCCN(c2ccc(SCC(=O)Nc3cccc(OC)c3)nn2)C1. The van der Waals surface area contributed by atoms with Gasteiger partial charge >= 0.3 is 0 Å². The molecule has 2 amide bonds. The maximum Gasteiger partial charge on any atom is 0.234 e. The first-order chi connectivity index (χ1) is 15.1. The molecule has 1 saturated heterocycles. The van der Waals surface area contributed by atoms with Crippen LogP contribution in [-0.2, 0) is 9.59 Å². The molecule has 0 spiro atoms. The van der Waals surface area contributed by atoms with Crippen LogP contribution in [0, 0.1) is 5.92 Å². The zero-order valence-electron chi connectivity index (χ0n) is 18.0. The Morgan fingerprint density at radius 2 is 2.13 bits per heavy atom. The number of carbonyl (C=O) groups excluding carboxylic acids is 2. The average Bonchev–Trinajstić information content (AvgIpc) is 2.81. The second kappa shape index (κ2) is 11.5. The molecule has 0 aliphatic carbocycles. The zero-order valence-corrected chi connectivity index (χ0v) is 18.8. The summed E-state index contributed by atoms with van der Waals surface area (Å²) in [5.41, 5.74) is 0.689. The summed E-state index contributed by atoms with van der Waals surface area (Å²) in [6.07, 6.45) is 2.78. The topological polar surface area (TPSA) is 96.5 Å². The Labute approximate surface area is 187 Å². The van der Waals surface area contributed by atoms with Crippen LogP contribution in [0.3, 0.4) is 0 Å². The predicted molar refractivity (Wildman–Crippen MR) is 123 cm³/mol. The van der Waals surface area contributed by atoms with E-state index in [1.165, 1.54) is 11.8 Å². The van der Waals surface area contributed by atoms with Gasteiger partial charge in [0.25, 0.3) is 0 Å². The van der Waals surface area contributed by atoms with Crippen LogP contribution in [0.5, 0.6) is 5.75 Å². The van der Waals surface area contributed by atoms with E-state index < -0.39 is 0 Å². The molecular formula is C22H29N5O3S. The third kappa shape index (κ3) is 6.85. The fraction of sp³-hybridized carbons (Fsp3) is 0.455. The molecule has 0 saturated carbocycles. The van der Waals surface area contributed by atoms with Gasteiger partial charge in [-0.15, -0.1) is 10.2 Å². The summed E-state index contributed by atoms with van der Waals surface area (Å²) in [6, 6.07) is 11.0. The van der Waals surface area contributed by atoms with Crippen molar-refractivity contribution < 1.29 is 14.3 Å². The Kier molecular flexibility index (Phi) is 8.52. The van der Waals surface area contributed by atoms with Crippen molar-refractivity contribution >= 4 is 35.1 Å². The maximum absolute atomic E-state index is 12.3. The molecule has 2 N–H and O–H groups in total. The van der Waals surface area contributed by atoms with Crippen molar-refractivity contribution in [3.8, 4) is 5.75 Å². The first-order valence-electron chi connectivity index (χ1n) is 10.5. The van der Waals surface area contributed by atoms with E-state index in [2.05, 4.69) is 25.7 Å². The molecule has 31 heavy (non-hydrogen) atoms. The van der Waals surface area contributed by atoms with Crippen molar-refractivity contribution in [2.24, 2.45) is 5.92 Å². The van der Waals surface area contributed by atoms with Crippen LogP contribution in [0.25, 0.3) is 0 Å². The summed E-state index contributed by atoms with van der Waals surface area (Å²) in [4.78, 5) is 26.6. The van der Waals surface area contributed by atoms with Gasteiger partial charge in [-0.3, -0.25) is 9.59 Å². The Morgan fingerprint density at radius 3 is 2.87 bits per heavy atom. The van der Waals surface area contributed by atoms with E-state index in [1.54, 1.807) is 13.2 Å². The molecular weight excluding hydrogens is 414 g/mol. The number of ether oxygens (including phenoxy) is 1. The minimum absolute atomic E-state index is 0.0172. The van der Waals surface area contributed by atoms with Gasteiger partial charge < -0.3 is 20.3 Å². The lowest BCUT2D eigenvalue weighted by molar-refractivity contribution is -0.125. The average molecular weight is 444 g/mol. The van der Waals surface area contributed by atoms with E-state index in [0.29, 0.717) is 29.6 Å². The van der Waals surface area contributed by atoms with Crippen LogP contribution >= 0.6 is 11.8 Å². The fourth-order valence-electron chi connectivity index (χ4n) is 3.39. The molecule has 1 fully saturated rings. The molecule has 3 rings (SSSR count). The highest BCUT2D eigenvalue weighted by Crippen LogP contribution is 2.23. The Bertz CT molecular complexity index is 878. The van der Waals surface area contributed by atoms with Gasteiger partial charge in [0.05, 0.1) is 18.8 Å². The first kappa shape index (κ1) is 22.9. The van der Waals surface area contributed by atoms with Gasteiger partial charge in [0.1, 0.15) is 10.8 Å². The smallest absolute Gasteiger partial charge is 0.234 e. The number of methoxy groups -OCH3 is 1. The van der Waals surface area contributed by atoms with Crippen LogP contribution in [0.15, 0.2) is 41.4 Å². The third-order valence-corrected chi connectivity index (χ3v) is 5.92. The van der Waals surface area contributed by atoms with E-state index in [9.17, 15) is 9.59 Å². The zero-order chi connectivity index (χ0) is 22.1. The normalized spacial score (nSPS) is 15.9. The lowest BCUT2D eigenvalue weighted by atomic mass is 9.97. The highest BCUT2D eigenvalue weighted by Gasteiger charge is 2.26. The number of carbonyl (C=O) groups is 2. The van der Waals surface area contributed by atoms with Gasteiger partial charge in [-0.1, -0.05) is 24.8 Å². The molecule has 2 heterocycles. The number of aromatic nitrogens is 2. The summed E-state index contributed by atoms with van der Waals surface area (Å²) in [5.74, 6) is 1.66. The standard InChI is InChI=1S/C22H29N5O3S/c1-3-11-23-22(29)16-6-5-12-27(14-16)19-9-10-21(26-25-19)31-15-20(28)24-17-7-4-8-18(13-17)30-2/h4,7-10,13,16H,3,5-6,11-12,14-15H2,1-2H3,(H,23,29)(H,24,28). The largest absolute Gasteiger partial charge is 0.497 e. The van der Waals surface area contributed by atoms with Gasteiger partial charge in [-0.25, -0.2) is 0 Å². The Hall–Kier alpha value is -2.81. The molecule has 1 aliphatic rings. The Morgan fingerprint density at radius 1 is 1.26 bits per heavy atom. The van der Waals surface area contributed by atoms with Gasteiger partial charge in [-0.2, -0.15) is 0 Å². The molecule has 1 aliphatic heterocycles. The van der Waals surface area contributed by atoms with Crippen molar-refractivity contribution in [3.63, 3.8) is 0 Å². The van der Waals surface area contributed by atoms with Crippen LogP contribution in [0.2, 0.25) is 0 Å². The van der Waals surface area contributed by atoms with Crippen LogP contribution in [0.4, 0.5) is 11.5 Å². The molecule has 1 atom stereocenters. The Balaban J connectivity index is 1.49. The molecule has 1 aromatic carbocycles. The predicted octanol–water partition coefficient (Wildman–Crippen LogP) is 2.96. The van der Waals surface area contributed by atoms with Crippen LogP contribution in [0.1, 0.15) is 26.2 Å². The van der Waals surface area contributed by atoms with Gasteiger partial charge in [-0.05, 0) is 43.5 Å². The second-order valence-electron chi connectivity index (χ2n) is 7.37. The van der Waals surface area contributed by atoms with Crippen LogP contribution < -0.4 is 20.3 Å². The fourth-order valence-corrected chi connectivity index (χ4v) is 4.00. The van der Waals surface area contributed by atoms with Crippen molar-refractivity contribution in [1.29, 1.82) is 0 Å². The monoisotopic (exact) mass is 443 g/mol. The molecule has 0 bridgehead atoms. The van der Waals surface area contributed by atoms with Gasteiger partial charge in [0.15, 0.2) is 5.82 Å². The number of benzene rings is 1. The summed E-state index contributed by atoms with van der Waals surface area (Å²) in [6.45, 7) is 4.28.